The van der Waals surface area contributed by atoms with Crippen LogP contribution in [-0.4, -0.2) is 18.7 Å². The lowest BCUT2D eigenvalue weighted by molar-refractivity contribution is 0.0734. The zero-order valence-electron chi connectivity index (χ0n) is 28.0. The molecule has 4 rings (SSSR count). The van der Waals surface area contributed by atoms with E-state index in [9.17, 15) is 4.79 Å². The normalized spacial score (nSPS) is 14.0. The summed E-state index contributed by atoms with van der Waals surface area (Å²) in [5.74, 6) is 2.02. The van der Waals surface area contributed by atoms with Gasteiger partial charge in [0.25, 0.3) is 0 Å². The maximum Gasteiger partial charge on any atom is 0.343 e. The Kier molecular flexibility index (Phi) is 15.4. The lowest BCUT2D eigenvalue weighted by Gasteiger charge is -2.26. The Labute approximate surface area is 272 Å². The van der Waals surface area contributed by atoms with Gasteiger partial charge in [-0.3, -0.25) is 0 Å². The molecule has 0 bridgehead atoms. The summed E-state index contributed by atoms with van der Waals surface area (Å²) in [4.78, 5) is 12.9. The number of aryl methyl sites for hydroxylation is 1. The van der Waals surface area contributed by atoms with Crippen molar-refractivity contribution in [3.63, 3.8) is 0 Å². The monoisotopic (exact) mass is 612 g/mol. The maximum absolute atomic E-state index is 12.9. The van der Waals surface area contributed by atoms with Crippen LogP contribution in [0.5, 0.6) is 17.2 Å². The van der Waals surface area contributed by atoms with Gasteiger partial charge in [0.15, 0.2) is 0 Å². The van der Waals surface area contributed by atoms with E-state index >= 15 is 0 Å². The summed E-state index contributed by atoms with van der Waals surface area (Å²) < 4.78 is 17.9. The average molecular weight is 613 g/mol. The van der Waals surface area contributed by atoms with Crippen LogP contribution < -0.4 is 14.2 Å². The highest BCUT2D eigenvalue weighted by atomic mass is 16.5. The summed E-state index contributed by atoms with van der Waals surface area (Å²) in [7, 11) is 0. The van der Waals surface area contributed by atoms with E-state index in [1.807, 2.05) is 54.6 Å². The van der Waals surface area contributed by atoms with Gasteiger partial charge in [0.2, 0.25) is 0 Å². The van der Waals surface area contributed by atoms with Crippen molar-refractivity contribution in [2.75, 3.05) is 6.61 Å². The molecule has 0 saturated heterocycles. The maximum atomic E-state index is 12.9. The van der Waals surface area contributed by atoms with Gasteiger partial charge in [0, 0.05) is 0 Å². The van der Waals surface area contributed by atoms with Crippen molar-refractivity contribution >= 4 is 5.97 Å². The van der Waals surface area contributed by atoms with Crippen molar-refractivity contribution in [1.82, 2.24) is 0 Å². The van der Waals surface area contributed by atoms with E-state index in [1.54, 1.807) is 0 Å². The molecule has 3 aromatic rings. The molecular weight excluding hydrogens is 556 g/mol. The third kappa shape index (κ3) is 12.2. The van der Waals surface area contributed by atoms with Gasteiger partial charge >= 0.3 is 5.97 Å². The predicted octanol–water partition coefficient (Wildman–Crippen LogP) is 11.9. The van der Waals surface area contributed by atoms with Crippen LogP contribution in [0.1, 0.15) is 139 Å². The Balaban J connectivity index is 1.15. The summed E-state index contributed by atoms with van der Waals surface area (Å²) in [5, 5.41) is 0. The van der Waals surface area contributed by atoms with Crippen LogP contribution in [0.25, 0.3) is 11.1 Å². The second kappa shape index (κ2) is 20.0. The van der Waals surface area contributed by atoms with Gasteiger partial charge in [-0.1, -0.05) is 122 Å². The zero-order chi connectivity index (χ0) is 31.5. The highest BCUT2D eigenvalue weighted by molar-refractivity contribution is 5.91. The smallest absolute Gasteiger partial charge is 0.343 e. The standard InChI is InChI=1S/C41H56O4/c1-3-5-7-9-10-11-12-13-15-17-31-43-37-25-19-33(20-26-37)34-21-27-39(28-22-34)45-41(42)36-24-30-40-35(32-36)23-29-38(44-40)18-16-14-8-6-4-2/h19-22,24-28,30,32,38H,3-18,23,29,31H2,1-2H3/t38-/m1/s1. The quantitative estimate of drug-likeness (QED) is 0.0682. The number of hydrogen-bond acceptors (Lipinski definition) is 4. The van der Waals surface area contributed by atoms with Gasteiger partial charge in [0.05, 0.1) is 18.3 Å². The number of unbranched alkanes of at least 4 members (excludes halogenated alkanes) is 13. The minimum atomic E-state index is -0.340. The van der Waals surface area contributed by atoms with E-state index in [0.29, 0.717) is 11.3 Å². The second-order valence-electron chi connectivity index (χ2n) is 12.8. The number of ether oxygens (including phenoxy) is 3. The van der Waals surface area contributed by atoms with Crippen LogP contribution >= 0.6 is 0 Å². The third-order valence-electron chi connectivity index (χ3n) is 8.97. The molecule has 0 N–H and O–H groups in total. The van der Waals surface area contributed by atoms with Crippen molar-refractivity contribution in [2.24, 2.45) is 0 Å². The number of rotatable bonds is 21. The molecular formula is C41H56O4. The molecule has 0 spiro atoms. The molecule has 4 heteroatoms. The number of esters is 1. The van der Waals surface area contributed by atoms with Crippen molar-refractivity contribution in [3.05, 3.63) is 77.9 Å². The van der Waals surface area contributed by atoms with Gasteiger partial charge in [-0.25, -0.2) is 4.79 Å². The van der Waals surface area contributed by atoms with Crippen LogP contribution in [0.4, 0.5) is 0 Å². The molecule has 1 aliphatic heterocycles. The molecule has 244 valence electrons. The molecule has 0 aromatic heterocycles. The number of carbonyl (C=O) groups excluding carboxylic acids is 1. The van der Waals surface area contributed by atoms with Crippen LogP contribution in [0.3, 0.4) is 0 Å². The number of benzene rings is 3. The molecule has 1 aliphatic rings. The Bertz CT molecular complexity index is 1250. The summed E-state index contributed by atoms with van der Waals surface area (Å²) in [6.45, 7) is 5.29. The fraction of sp³-hybridized carbons (Fsp3) is 0.537. The van der Waals surface area contributed by atoms with E-state index in [-0.39, 0.29) is 12.1 Å². The Morgan fingerprint density at radius 3 is 1.84 bits per heavy atom. The summed E-state index contributed by atoms with van der Waals surface area (Å²) >= 11 is 0. The van der Waals surface area contributed by atoms with E-state index in [1.165, 1.54) is 89.9 Å². The van der Waals surface area contributed by atoms with Crippen molar-refractivity contribution in [2.45, 2.75) is 136 Å². The summed E-state index contributed by atoms with van der Waals surface area (Å²) in [6, 6.07) is 21.6. The predicted molar refractivity (Wildman–Crippen MR) is 187 cm³/mol. The molecule has 0 amide bonds. The number of carbonyl (C=O) groups is 1. The van der Waals surface area contributed by atoms with E-state index in [0.717, 1.165) is 60.5 Å². The minimum Gasteiger partial charge on any atom is -0.494 e. The fourth-order valence-electron chi connectivity index (χ4n) is 6.16. The van der Waals surface area contributed by atoms with Crippen molar-refractivity contribution in [3.8, 4) is 28.4 Å². The topological polar surface area (TPSA) is 44.8 Å². The molecule has 45 heavy (non-hydrogen) atoms. The molecule has 4 nitrogen and oxygen atoms in total. The van der Waals surface area contributed by atoms with Crippen LogP contribution in [0, 0.1) is 0 Å². The van der Waals surface area contributed by atoms with E-state index in [2.05, 4.69) is 26.0 Å². The molecule has 3 aromatic carbocycles. The lowest BCUT2D eigenvalue weighted by Crippen LogP contribution is -2.23. The first kappa shape index (κ1) is 34.6. The molecule has 1 heterocycles. The SMILES string of the molecule is CCCCCCCCCCCCOc1ccc(-c2ccc(OC(=O)c3ccc4c(c3)CC[C@@H](CCCCCCC)O4)cc2)cc1. The number of hydrogen-bond donors (Lipinski definition) is 0. The van der Waals surface area contributed by atoms with E-state index < -0.39 is 0 Å². The lowest BCUT2D eigenvalue weighted by atomic mass is 9.97. The van der Waals surface area contributed by atoms with Gasteiger partial charge < -0.3 is 14.2 Å². The first-order chi connectivity index (χ1) is 22.2. The van der Waals surface area contributed by atoms with Crippen LogP contribution in [0.2, 0.25) is 0 Å². The minimum absolute atomic E-state index is 0.286. The fourth-order valence-corrected chi connectivity index (χ4v) is 6.16. The molecule has 0 fully saturated rings. The zero-order valence-corrected chi connectivity index (χ0v) is 28.0. The molecule has 1 atom stereocenters. The van der Waals surface area contributed by atoms with Gasteiger partial charge in [-0.15, -0.1) is 0 Å². The first-order valence-electron chi connectivity index (χ1n) is 18.0. The molecule has 0 radical (unpaired) electrons. The Morgan fingerprint density at radius 2 is 1.22 bits per heavy atom. The Morgan fingerprint density at radius 1 is 0.667 bits per heavy atom. The van der Waals surface area contributed by atoms with Crippen molar-refractivity contribution in [1.29, 1.82) is 0 Å². The highest BCUT2D eigenvalue weighted by Gasteiger charge is 2.21. The largest absolute Gasteiger partial charge is 0.494 e. The van der Waals surface area contributed by atoms with Crippen LogP contribution in [0.15, 0.2) is 66.7 Å². The van der Waals surface area contributed by atoms with Crippen LogP contribution in [-0.2, 0) is 6.42 Å². The average Bonchev–Trinajstić information content (AvgIpc) is 3.07. The van der Waals surface area contributed by atoms with Gasteiger partial charge in [-0.05, 0) is 91.3 Å². The summed E-state index contributed by atoms with van der Waals surface area (Å²) in [5.41, 5.74) is 3.83. The van der Waals surface area contributed by atoms with Gasteiger partial charge in [-0.2, -0.15) is 0 Å². The number of fused-ring (bicyclic) bond motifs is 1. The molecule has 0 unspecified atom stereocenters. The second-order valence-corrected chi connectivity index (χ2v) is 12.8. The van der Waals surface area contributed by atoms with E-state index in [4.69, 9.17) is 14.2 Å². The first-order valence-corrected chi connectivity index (χ1v) is 18.0. The molecule has 0 saturated carbocycles. The Hall–Kier alpha value is -3.27. The highest BCUT2D eigenvalue weighted by Crippen LogP contribution is 2.31. The third-order valence-corrected chi connectivity index (χ3v) is 8.97. The van der Waals surface area contributed by atoms with Gasteiger partial charge in [0.1, 0.15) is 17.2 Å². The summed E-state index contributed by atoms with van der Waals surface area (Å²) in [6.07, 6.45) is 23.0. The van der Waals surface area contributed by atoms with Crippen molar-refractivity contribution < 1.29 is 19.0 Å². The molecule has 0 aliphatic carbocycles.